The van der Waals surface area contributed by atoms with Crippen LogP contribution in [0, 0.1) is 5.82 Å². The van der Waals surface area contributed by atoms with Crippen molar-refractivity contribution < 1.29 is 13.9 Å². The van der Waals surface area contributed by atoms with E-state index in [0.29, 0.717) is 41.1 Å². The molecule has 0 spiro atoms. The van der Waals surface area contributed by atoms with E-state index in [9.17, 15) is 9.18 Å². The molecule has 0 radical (unpaired) electrons. The number of hydrogen-bond acceptors (Lipinski definition) is 4. The Morgan fingerprint density at radius 2 is 2.28 bits per heavy atom. The number of ether oxygens (including phenoxy) is 1. The molecule has 0 bridgehead atoms. The minimum Gasteiger partial charge on any atom is -0.379 e. The summed E-state index contributed by atoms with van der Waals surface area (Å²) in [4.78, 5) is 17.3. The molecule has 0 aliphatic carbocycles. The van der Waals surface area contributed by atoms with Gasteiger partial charge < -0.3 is 10.1 Å². The molecule has 2 aromatic heterocycles. The van der Waals surface area contributed by atoms with Gasteiger partial charge in [0.05, 0.1) is 35.5 Å². The summed E-state index contributed by atoms with van der Waals surface area (Å²) < 4.78 is 20.5. The molecule has 1 aliphatic heterocycles. The number of aromatic nitrogens is 3. The van der Waals surface area contributed by atoms with E-state index in [4.69, 9.17) is 4.74 Å². The van der Waals surface area contributed by atoms with E-state index in [1.54, 1.807) is 36.1 Å². The number of hydrogen-bond donors (Lipinski definition) is 1. The number of pyridine rings is 1. The minimum absolute atomic E-state index is 0.00464. The van der Waals surface area contributed by atoms with Crippen molar-refractivity contribution in [2.45, 2.75) is 12.5 Å². The van der Waals surface area contributed by atoms with Gasteiger partial charge in [-0.05, 0) is 24.6 Å². The van der Waals surface area contributed by atoms with E-state index < -0.39 is 0 Å². The second-order valence-electron chi connectivity index (χ2n) is 6.10. The summed E-state index contributed by atoms with van der Waals surface area (Å²) in [5, 5.41) is 7.85. The predicted octanol–water partition coefficient (Wildman–Crippen LogP) is 2.29. The van der Waals surface area contributed by atoms with Crippen LogP contribution in [0.15, 0.2) is 36.5 Å². The summed E-state index contributed by atoms with van der Waals surface area (Å²) in [6.45, 7) is 1.17. The van der Waals surface area contributed by atoms with Crippen molar-refractivity contribution in [2.75, 3.05) is 13.2 Å². The number of halogens is 1. The Morgan fingerprint density at radius 1 is 1.40 bits per heavy atom. The molecule has 1 N–H and O–H groups in total. The monoisotopic (exact) mass is 340 g/mol. The molecule has 25 heavy (non-hydrogen) atoms. The van der Waals surface area contributed by atoms with Crippen LogP contribution in [0.25, 0.3) is 22.3 Å². The average molecular weight is 340 g/mol. The van der Waals surface area contributed by atoms with Crippen molar-refractivity contribution in [3.63, 3.8) is 0 Å². The Labute approximate surface area is 143 Å². The smallest absolute Gasteiger partial charge is 0.252 e. The molecule has 0 saturated carbocycles. The van der Waals surface area contributed by atoms with Gasteiger partial charge in [-0.1, -0.05) is 12.1 Å². The first-order chi connectivity index (χ1) is 12.1. The Bertz CT molecular complexity index is 947. The third-order valence-electron chi connectivity index (χ3n) is 4.33. The number of fused-ring (bicyclic) bond motifs is 1. The number of nitrogens with zero attached hydrogens (tertiary/aromatic N) is 3. The zero-order valence-corrected chi connectivity index (χ0v) is 13.7. The molecule has 1 fully saturated rings. The van der Waals surface area contributed by atoms with E-state index in [0.717, 1.165) is 6.42 Å². The summed E-state index contributed by atoms with van der Waals surface area (Å²) in [6.07, 6.45) is 2.42. The van der Waals surface area contributed by atoms with Crippen LogP contribution in [0.1, 0.15) is 16.8 Å². The Hall–Kier alpha value is -2.80. The standard InChI is InChI=1S/C18H17FN4O2/c1-23-17-15(9-20-23)14(18(24)21-13-5-6-25-10-13)8-16(22-17)11-3-2-4-12(19)7-11/h2-4,7-9,13H,5-6,10H2,1H3,(H,21,24). The van der Waals surface area contributed by atoms with Gasteiger partial charge >= 0.3 is 0 Å². The van der Waals surface area contributed by atoms with Crippen LogP contribution in [0.5, 0.6) is 0 Å². The number of aryl methyl sites for hydroxylation is 1. The van der Waals surface area contributed by atoms with E-state index in [1.807, 2.05) is 0 Å². The zero-order valence-electron chi connectivity index (χ0n) is 13.7. The summed E-state index contributed by atoms with van der Waals surface area (Å²) in [6, 6.07) is 7.85. The first kappa shape index (κ1) is 15.7. The van der Waals surface area contributed by atoms with Crippen LogP contribution < -0.4 is 5.32 Å². The molecule has 1 atom stereocenters. The lowest BCUT2D eigenvalue weighted by Crippen LogP contribution is -2.35. The van der Waals surface area contributed by atoms with Crippen molar-refractivity contribution >= 4 is 16.9 Å². The number of carbonyl (C=O) groups excluding carboxylic acids is 1. The van der Waals surface area contributed by atoms with Crippen LogP contribution in [0.2, 0.25) is 0 Å². The molecular formula is C18H17FN4O2. The van der Waals surface area contributed by atoms with Crippen LogP contribution in [-0.2, 0) is 11.8 Å². The van der Waals surface area contributed by atoms with E-state index in [1.165, 1.54) is 12.1 Å². The fourth-order valence-electron chi connectivity index (χ4n) is 3.01. The highest BCUT2D eigenvalue weighted by Crippen LogP contribution is 2.25. The highest BCUT2D eigenvalue weighted by atomic mass is 19.1. The van der Waals surface area contributed by atoms with Crippen LogP contribution in [-0.4, -0.2) is 39.9 Å². The van der Waals surface area contributed by atoms with Gasteiger partial charge in [-0.2, -0.15) is 5.10 Å². The van der Waals surface area contributed by atoms with E-state index >= 15 is 0 Å². The Kier molecular flexibility index (Phi) is 3.93. The van der Waals surface area contributed by atoms with E-state index in [2.05, 4.69) is 15.4 Å². The predicted molar refractivity (Wildman–Crippen MR) is 90.6 cm³/mol. The van der Waals surface area contributed by atoms with Crippen molar-refractivity contribution in [1.82, 2.24) is 20.1 Å². The van der Waals surface area contributed by atoms with Gasteiger partial charge in [0.15, 0.2) is 5.65 Å². The van der Waals surface area contributed by atoms with Crippen LogP contribution >= 0.6 is 0 Å². The number of benzene rings is 1. The number of nitrogens with one attached hydrogen (secondary N) is 1. The molecule has 1 unspecified atom stereocenters. The fourth-order valence-corrected chi connectivity index (χ4v) is 3.01. The summed E-state index contributed by atoms with van der Waals surface area (Å²) in [7, 11) is 1.76. The lowest BCUT2D eigenvalue weighted by molar-refractivity contribution is 0.0931. The maximum absolute atomic E-state index is 13.6. The summed E-state index contributed by atoms with van der Waals surface area (Å²) in [5.41, 5.74) is 2.20. The molecule has 3 aromatic rings. The average Bonchev–Trinajstić information content (AvgIpc) is 3.24. The van der Waals surface area contributed by atoms with Gasteiger partial charge in [0.25, 0.3) is 5.91 Å². The van der Waals surface area contributed by atoms with Gasteiger partial charge in [-0.15, -0.1) is 0 Å². The summed E-state index contributed by atoms with van der Waals surface area (Å²) >= 11 is 0. The molecule has 128 valence electrons. The van der Waals surface area contributed by atoms with Crippen molar-refractivity contribution in [3.8, 4) is 11.3 Å². The quantitative estimate of drug-likeness (QED) is 0.794. The summed E-state index contributed by atoms with van der Waals surface area (Å²) in [5.74, 6) is -0.549. The van der Waals surface area contributed by atoms with Crippen molar-refractivity contribution in [1.29, 1.82) is 0 Å². The van der Waals surface area contributed by atoms with E-state index in [-0.39, 0.29) is 17.8 Å². The Morgan fingerprint density at radius 3 is 3.04 bits per heavy atom. The second kappa shape index (κ2) is 6.25. The molecule has 7 heteroatoms. The van der Waals surface area contributed by atoms with Gasteiger partial charge in [0.1, 0.15) is 5.82 Å². The molecule has 4 rings (SSSR count). The highest BCUT2D eigenvalue weighted by molar-refractivity contribution is 6.06. The van der Waals surface area contributed by atoms with Crippen molar-refractivity contribution in [3.05, 3.63) is 47.9 Å². The second-order valence-corrected chi connectivity index (χ2v) is 6.10. The largest absolute Gasteiger partial charge is 0.379 e. The molecule has 1 aliphatic rings. The van der Waals surface area contributed by atoms with Crippen LogP contribution in [0.3, 0.4) is 0 Å². The first-order valence-corrected chi connectivity index (χ1v) is 8.09. The fraction of sp³-hybridized carbons (Fsp3) is 0.278. The maximum atomic E-state index is 13.6. The number of amides is 1. The van der Waals surface area contributed by atoms with Gasteiger partial charge in [0.2, 0.25) is 0 Å². The van der Waals surface area contributed by atoms with Gasteiger partial charge in [-0.3, -0.25) is 9.48 Å². The first-order valence-electron chi connectivity index (χ1n) is 8.09. The molecule has 1 amide bonds. The lowest BCUT2D eigenvalue weighted by atomic mass is 10.1. The highest BCUT2D eigenvalue weighted by Gasteiger charge is 2.22. The normalized spacial score (nSPS) is 17.1. The minimum atomic E-state index is -0.349. The third kappa shape index (κ3) is 2.98. The molecular weight excluding hydrogens is 323 g/mol. The number of carbonyl (C=O) groups is 1. The molecule has 1 aromatic carbocycles. The number of rotatable bonds is 3. The van der Waals surface area contributed by atoms with Crippen LogP contribution in [0.4, 0.5) is 4.39 Å². The maximum Gasteiger partial charge on any atom is 0.252 e. The molecule has 6 nitrogen and oxygen atoms in total. The molecule has 3 heterocycles. The Balaban J connectivity index is 1.80. The topological polar surface area (TPSA) is 69.0 Å². The molecule has 1 saturated heterocycles. The van der Waals surface area contributed by atoms with Gasteiger partial charge in [-0.25, -0.2) is 9.37 Å². The zero-order chi connectivity index (χ0) is 17.4. The van der Waals surface area contributed by atoms with Gasteiger partial charge in [0, 0.05) is 19.2 Å². The van der Waals surface area contributed by atoms with Crippen molar-refractivity contribution in [2.24, 2.45) is 7.05 Å². The third-order valence-corrected chi connectivity index (χ3v) is 4.33. The SMILES string of the molecule is Cn1ncc2c(C(=O)NC3CCOC3)cc(-c3cccc(F)c3)nc21. The lowest BCUT2D eigenvalue weighted by Gasteiger charge is -2.12.